The quantitative estimate of drug-likeness (QED) is 0.361. The molecule has 2 fully saturated rings. The number of hydrogen-bond donors (Lipinski definition) is 1. The molecule has 1 aromatic carbocycles. The number of pyridine rings is 2. The number of halogens is 1. The van der Waals surface area contributed by atoms with Crippen molar-refractivity contribution in [3.63, 3.8) is 0 Å². The summed E-state index contributed by atoms with van der Waals surface area (Å²) in [7, 11) is 2.20. The number of fused-ring (bicyclic) bond motifs is 3. The molecule has 196 valence electrons. The van der Waals surface area contributed by atoms with Crippen molar-refractivity contribution in [2.75, 3.05) is 25.0 Å². The van der Waals surface area contributed by atoms with Crippen LogP contribution in [0, 0.1) is 0 Å². The first-order valence-electron chi connectivity index (χ1n) is 12.7. The molecule has 0 aliphatic carbocycles. The van der Waals surface area contributed by atoms with Crippen molar-refractivity contribution in [1.29, 1.82) is 0 Å². The van der Waals surface area contributed by atoms with E-state index in [1.54, 1.807) is 30.7 Å². The number of anilines is 1. The average Bonchev–Trinajstić information content (AvgIpc) is 3.66. The van der Waals surface area contributed by atoms with Gasteiger partial charge in [0.05, 0.1) is 11.3 Å². The van der Waals surface area contributed by atoms with Crippen molar-refractivity contribution in [2.24, 2.45) is 5.73 Å². The molecule has 7 rings (SSSR count). The smallest absolute Gasteiger partial charge is 0.248 e. The molecule has 4 aromatic heterocycles. The van der Waals surface area contributed by atoms with Gasteiger partial charge >= 0.3 is 0 Å². The fourth-order valence-corrected chi connectivity index (χ4v) is 5.82. The second-order valence-corrected chi connectivity index (χ2v) is 10.0. The van der Waals surface area contributed by atoms with E-state index < -0.39 is 5.91 Å². The number of piperazine rings is 1. The summed E-state index contributed by atoms with van der Waals surface area (Å²) in [5.74, 6) is 0.535. The summed E-state index contributed by atoms with van der Waals surface area (Å²) in [6.45, 7) is 2.11. The molecule has 5 aromatic rings. The lowest BCUT2D eigenvalue weighted by Crippen LogP contribution is -2.44. The van der Waals surface area contributed by atoms with Gasteiger partial charge in [0.1, 0.15) is 11.5 Å². The summed E-state index contributed by atoms with van der Waals surface area (Å²) in [6, 6.07) is 18.4. The van der Waals surface area contributed by atoms with Crippen LogP contribution in [0.5, 0.6) is 0 Å². The van der Waals surface area contributed by atoms with Crippen molar-refractivity contribution in [2.45, 2.75) is 18.5 Å². The van der Waals surface area contributed by atoms with E-state index in [9.17, 15) is 4.79 Å². The number of carbonyl (C=O) groups excluding carboxylic acids is 1. The number of likely N-dealkylation sites (N-methyl/N-ethyl adjacent to an activating group) is 1. The number of nitrogens with zero attached hydrogens (tertiary/aromatic N) is 7. The van der Waals surface area contributed by atoms with E-state index in [2.05, 4.69) is 34.0 Å². The number of primary amides is 1. The van der Waals surface area contributed by atoms with E-state index in [1.165, 1.54) is 6.42 Å². The Labute approximate surface area is 231 Å². The number of rotatable bonds is 5. The van der Waals surface area contributed by atoms with Crippen molar-refractivity contribution in [1.82, 2.24) is 29.5 Å². The highest BCUT2D eigenvalue weighted by Gasteiger charge is 2.41. The lowest BCUT2D eigenvalue weighted by atomic mass is 10.00. The molecule has 2 bridgehead atoms. The van der Waals surface area contributed by atoms with Gasteiger partial charge in [0.2, 0.25) is 5.91 Å². The van der Waals surface area contributed by atoms with Crippen molar-refractivity contribution < 1.29 is 4.79 Å². The third-order valence-corrected chi connectivity index (χ3v) is 7.76. The zero-order chi connectivity index (χ0) is 25.8. The number of nitrogens with two attached hydrogens (primary N) is 1. The van der Waals surface area contributed by atoms with Crippen LogP contribution in [0.3, 0.4) is 0 Å². The highest BCUT2D eigenvalue weighted by atomic mass is 35.5. The van der Waals surface area contributed by atoms with Gasteiger partial charge in [-0.15, -0.1) is 12.4 Å². The predicted molar refractivity (Wildman–Crippen MR) is 153 cm³/mol. The number of benzene rings is 1. The third kappa shape index (κ3) is 4.20. The number of hydrogen-bond acceptors (Lipinski definition) is 7. The topological polar surface area (TPSA) is 106 Å². The first-order chi connectivity index (χ1) is 18.6. The molecule has 39 heavy (non-hydrogen) atoms. The molecule has 2 atom stereocenters. The summed E-state index contributed by atoms with van der Waals surface area (Å²) in [6.07, 6.45) is 8.38. The van der Waals surface area contributed by atoms with Crippen LogP contribution in [0.1, 0.15) is 16.8 Å². The minimum absolute atomic E-state index is 0. The molecule has 0 saturated carbocycles. The molecule has 9 nitrogen and oxygen atoms in total. The number of amides is 1. The maximum atomic E-state index is 11.9. The van der Waals surface area contributed by atoms with Crippen LogP contribution in [0.4, 0.5) is 5.82 Å². The van der Waals surface area contributed by atoms with Crippen LogP contribution in [0.2, 0.25) is 0 Å². The molecule has 1 amide bonds. The fraction of sp³-hybridized carbons (Fsp3) is 0.207. The van der Waals surface area contributed by atoms with Crippen molar-refractivity contribution in [3.05, 3.63) is 84.9 Å². The first-order valence-corrected chi connectivity index (χ1v) is 12.7. The van der Waals surface area contributed by atoms with E-state index in [-0.39, 0.29) is 12.4 Å². The summed E-state index contributed by atoms with van der Waals surface area (Å²) < 4.78 is 1.85. The second kappa shape index (κ2) is 9.76. The van der Waals surface area contributed by atoms with Crippen LogP contribution in [0.25, 0.3) is 39.3 Å². The molecule has 2 aliphatic rings. The Morgan fingerprint density at radius 3 is 2.46 bits per heavy atom. The van der Waals surface area contributed by atoms with Gasteiger partial charge in [0, 0.05) is 66.7 Å². The molecule has 6 heterocycles. The summed E-state index contributed by atoms with van der Waals surface area (Å²) in [4.78, 5) is 30.5. The summed E-state index contributed by atoms with van der Waals surface area (Å²) in [5, 5.41) is 5.02. The number of likely N-dealkylation sites (tertiary alicyclic amines) is 1. The Balaban J connectivity index is 0.00000277. The zero-order valence-corrected chi connectivity index (χ0v) is 22.1. The molecule has 10 heteroatoms. The van der Waals surface area contributed by atoms with Gasteiger partial charge in [0.25, 0.3) is 0 Å². The lowest BCUT2D eigenvalue weighted by molar-refractivity contribution is 0.100. The first kappa shape index (κ1) is 25.0. The largest absolute Gasteiger partial charge is 0.366 e. The van der Waals surface area contributed by atoms with Crippen LogP contribution in [0.15, 0.2) is 79.4 Å². The maximum Gasteiger partial charge on any atom is 0.248 e. The van der Waals surface area contributed by atoms with Crippen LogP contribution in [-0.4, -0.2) is 67.6 Å². The third-order valence-electron chi connectivity index (χ3n) is 7.76. The van der Waals surface area contributed by atoms with Crippen LogP contribution in [-0.2, 0) is 0 Å². The standard InChI is InChI=1S/C29H26N8O.ClH/c1-35-16-23-14-22(35)17-36(23)25-6-5-21(15-33-25)24-9-12-32-29-26(19-3-2-4-20(13-19)28(30)38)27(34-37(24)29)18-7-10-31-11-8-18;/h2-13,15,22-23H,14,16-17H2,1H3,(H2,30,38);1H/t22-,23-;/m0./s1. The fourth-order valence-electron chi connectivity index (χ4n) is 5.82. The monoisotopic (exact) mass is 538 g/mol. The van der Waals surface area contributed by atoms with E-state index >= 15 is 0 Å². The van der Waals surface area contributed by atoms with E-state index in [0.29, 0.717) is 23.3 Å². The Hall–Kier alpha value is -4.34. The molecular weight excluding hydrogens is 512 g/mol. The van der Waals surface area contributed by atoms with Crippen molar-refractivity contribution >= 4 is 29.8 Å². The molecule has 0 unspecified atom stereocenters. The summed E-state index contributed by atoms with van der Waals surface area (Å²) >= 11 is 0. The van der Waals surface area contributed by atoms with Crippen LogP contribution >= 0.6 is 12.4 Å². The van der Waals surface area contributed by atoms with Crippen LogP contribution < -0.4 is 10.6 Å². The summed E-state index contributed by atoms with van der Waals surface area (Å²) in [5.41, 5.74) is 11.8. The minimum atomic E-state index is -0.480. The molecule has 0 radical (unpaired) electrons. The highest BCUT2D eigenvalue weighted by molar-refractivity contribution is 5.97. The normalized spacial score (nSPS) is 18.4. The lowest BCUT2D eigenvalue weighted by Gasteiger charge is -2.32. The van der Waals surface area contributed by atoms with E-state index in [0.717, 1.165) is 52.5 Å². The van der Waals surface area contributed by atoms with Gasteiger partial charge in [-0.1, -0.05) is 12.1 Å². The van der Waals surface area contributed by atoms with Gasteiger partial charge in [0.15, 0.2) is 5.65 Å². The predicted octanol–water partition coefficient (Wildman–Crippen LogP) is 3.93. The van der Waals surface area contributed by atoms with Gasteiger partial charge in [-0.05, 0) is 61.5 Å². The molecule has 2 saturated heterocycles. The Bertz CT molecular complexity index is 1670. The average molecular weight is 539 g/mol. The zero-order valence-electron chi connectivity index (χ0n) is 21.3. The van der Waals surface area contributed by atoms with Gasteiger partial charge in [-0.25, -0.2) is 14.5 Å². The van der Waals surface area contributed by atoms with Gasteiger partial charge < -0.3 is 10.6 Å². The van der Waals surface area contributed by atoms with E-state index in [1.807, 2.05) is 41.0 Å². The maximum absolute atomic E-state index is 11.9. The van der Waals surface area contributed by atoms with E-state index in [4.69, 9.17) is 20.8 Å². The minimum Gasteiger partial charge on any atom is -0.366 e. The van der Waals surface area contributed by atoms with Crippen molar-refractivity contribution in [3.8, 4) is 33.6 Å². The molecule has 0 spiro atoms. The van der Waals surface area contributed by atoms with Gasteiger partial charge in [-0.2, -0.15) is 5.10 Å². The number of aromatic nitrogens is 5. The molecular formula is C29H27ClN8O. The Kier molecular flexibility index (Phi) is 6.25. The Morgan fingerprint density at radius 1 is 0.923 bits per heavy atom. The second-order valence-electron chi connectivity index (χ2n) is 10.0. The molecule has 2 aliphatic heterocycles. The van der Waals surface area contributed by atoms with Gasteiger partial charge in [-0.3, -0.25) is 14.7 Å². The Morgan fingerprint density at radius 2 is 1.77 bits per heavy atom. The number of carbonyl (C=O) groups is 1. The molecule has 2 N–H and O–H groups in total. The highest BCUT2D eigenvalue weighted by Crippen LogP contribution is 2.37. The SMILES string of the molecule is CN1C[C@@H]2C[C@H]1CN2c1ccc(-c2ccnc3c(-c4cccc(C(N)=O)c4)c(-c4ccncc4)nn23)cn1.Cl.